The van der Waals surface area contributed by atoms with Crippen molar-refractivity contribution in [3.05, 3.63) is 17.0 Å². The number of fused-ring (bicyclic) bond motifs is 5. The highest BCUT2D eigenvalue weighted by Crippen LogP contribution is 2.65. The zero-order valence-corrected chi connectivity index (χ0v) is 13.1. The van der Waals surface area contributed by atoms with Crippen molar-refractivity contribution >= 4 is 27.3 Å². The molecule has 0 aromatic carbocycles. The lowest BCUT2D eigenvalue weighted by molar-refractivity contribution is -0.120. The Morgan fingerprint density at radius 3 is 2.52 bits per heavy atom. The number of carbonyl (C=O) groups is 1. The molecule has 114 valence electrons. The molecule has 0 saturated heterocycles. The Kier molecular flexibility index (Phi) is 2.96. The SMILES string of the molecule is NS(=O)(=O)c1ccc(CC(=O)NC2C3C4CCC(C4)C23)s1. The first-order valence-electron chi connectivity index (χ1n) is 7.34. The van der Waals surface area contributed by atoms with Gasteiger partial charge in [0.1, 0.15) is 4.21 Å². The molecule has 3 aliphatic carbocycles. The Balaban J connectivity index is 1.36. The summed E-state index contributed by atoms with van der Waals surface area (Å²) in [4.78, 5) is 12.8. The number of nitrogens with one attached hydrogen (secondary N) is 1. The molecule has 2 bridgehead atoms. The Morgan fingerprint density at radius 1 is 1.29 bits per heavy atom. The number of hydrogen-bond donors (Lipinski definition) is 2. The van der Waals surface area contributed by atoms with E-state index >= 15 is 0 Å². The number of rotatable bonds is 4. The van der Waals surface area contributed by atoms with Crippen molar-refractivity contribution in [2.75, 3.05) is 0 Å². The standard InChI is InChI=1S/C14H18N2O3S2/c15-21(18,19)11-4-3-9(20-11)6-10(17)16-14-12-7-1-2-8(5-7)13(12)14/h3-4,7-8,12-14H,1-2,5-6H2,(H,16,17)(H2,15,18,19). The summed E-state index contributed by atoms with van der Waals surface area (Å²) in [6, 6.07) is 3.51. The Hall–Kier alpha value is -0.920. The number of hydrogen-bond acceptors (Lipinski definition) is 4. The van der Waals surface area contributed by atoms with E-state index in [9.17, 15) is 13.2 Å². The van der Waals surface area contributed by atoms with E-state index in [1.54, 1.807) is 6.07 Å². The van der Waals surface area contributed by atoms with E-state index in [4.69, 9.17) is 5.14 Å². The van der Waals surface area contributed by atoms with Gasteiger partial charge in [-0.2, -0.15) is 0 Å². The summed E-state index contributed by atoms with van der Waals surface area (Å²) in [5.41, 5.74) is 0. The molecule has 7 heteroatoms. The molecule has 3 N–H and O–H groups in total. The second-order valence-corrected chi connectivity index (χ2v) is 9.48. The maximum absolute atomic E-state index is 12.1. The van der Waals surface area contributed by atoms with Gasteiger partial charge >= 0.3 is 0 Å². The summed E-state index contributed by atoms with van der Waals surface area (Å²) in [6.07, 6.45) is 4.28. The van der Waals surface area contributed by atoms with Gasteiger partial charge < -0.3 is 5.32 Å². The molecule has 1 amide bonds. The monoisotopic (exact) mass is 326 g/mol. The van der Waals surface area contributed by atoms with E-state index in [2.05, 4.69) is 5.32 Å². The van der Waals surface area contributed by atoms with Crippen LogP contribution in [0.1, 0.15) is 24.1 Å². The van der Waals surface area contributed by atoms with Crippen molar-refractivity contribution in [1.29, 1.82) is 0 Å². The van der Waals surface area contributed by atoms with Crippen LogP contribution in [0.3, 0.4) is 0 Å². The lowest BCUT2D eigenvalue weighted by atomic mass is 10.0. The van der Waals surface area contributed by atoms with Crippen LogP contribution in [-0.4, -0.2) is 20.4 Å². The molecule has 1 heterocycles. The third kappa shape index (κ3) is 2.31. The van der Waals surface area contributed by atoms with Crippen LogP contribution < -0.4 is 10.5 Å². The van der Waals surface area contributed by atoms with Gasteiger partial charge in [-0.3, -0.25) is 4.79 Å². The fraction of sp³-hybridized carbons (Fsp3) is 0.643. The van der Waals surface area contributed by atoms with Crippen LogP contribution >= 0.6 is 11.3 Å². The predicted molar refractivity (Wildman–Crippen MR) is 79.1 cm³/mol. The van der Waals surface area contributed by atoms with Crippen molar-refractivity contribution in [3.8, 4) is 0 Å². The quantitative estimate of drug-likeness (QED) is 0.868. The molecule has 5 nitrogen and oxygen atoms in total. The average molecular weight is 326 g/mol. The van der Waals surface area contributed by atoms with Crippen molar-refractivity contribution in [2.24, 2.45) is 28.8 Å². The number of sulfonamides is 1. The summed E-state index contributed by atoms with van der Waals surface area (Å²) in [5, 5.41) is 8.21. The maximum atomic E-state index is 12.1. The van der Waals surface area contributed by atoms with Crippen LogP contribution in [0.5, 0.6) is 0 Å². The lowest BCUT2D eigenvalue weighted by Crippen LogP contribution is -2.30. The van der Waals surface area contributed by atoms with Crippen LogP contribution in [0.4, 0.5) is 0 Å². The van der Waals surface area contributed by atoms with Gasteiger partial charge in [0.05, 0.1) is 6.42 Å². The minimum absolute atomic E-state index is 0.00313. The minimum Gasteiger partial charge on any atom is -0.352 e. The fourth-order valence-electron chi connectivity index (χ4n) is 4.52. The molecule has 0 spiro atoms. The molecule has 4 atom stereocenters. The number of amides is 1. The zero-order valence-electron chi connectivity index (χ0n) is 11.5. The highest BCUT2D eigenvalue weighted by Gasteiger charge is 2.65. The smallest absolute Gasteiger partial charge is 0.247 e. The Labute approximate surface area is 128 Å². The molecule has 1 aromatic heterocycles. The third-order valence-corrected chi connectivity index (χ3v) is 7.84. The first-order valence-corrected chi connectivity index (χ1v) is 9.70. The molecule has 21 heavy (non-hydrogen) atoms. The van der Waals surface area contributed by atoms with Gasteiger partial charge in [0, 0.05) is 10.9 Å². The van der Waals surface area contributed by atoms with Gasteiger partial charge in [-0.1, -0.05) is 0 Å². The van der Waals surface area contributed by atoms with E-state index in [1.165, 1.54) is 25.3 Å². The molecule has 0 aliphatic heterocycles. The predicted octanol–water partition coefficient (Wildman–Crippen LogP) is 1.10. The van der Waals surface area contributed by atoms with Crippen molar-refractivity contribution in [3.63, 3.8) is 0 Å². The molecule has 0 radical (unpaired) electrons. The first-order chi connectivity index (χ1) is 9.93. The van der Waals surface area contributed by atoms with E-state index in [0.29, 0.717) is 6.04 Å². The summed E-state index contributed by atoms with van der Waals surface area (Å²) in [6.45, 7) is 0. The topological polar surface area (TPSA) is 89.3 Å². The zero-order chi connectivity index (χ0) is 14.8. The second-order valence-electron chi connectivity index (χ2n) is 6.52. The Bertz CT molecular complexity index is 681. The summed E-state index contributed by atoms with van der Waals surface area (Å²) < 4.78 is 22.6. The fourth-order valence-corrected chi connectivity index (χ4v) is 6.30. The molecular formula is C14H18N2O3S2. The van der Waals surface area contributed by atoms with Gasteiger partial charge in [0.2, 0.25) is 15.9 Å². The summed E-state index contributed by atoms with van der Waals surface area (Å²) in [7, 11) is -3.66. The van der Waals surface area contributed by atoms with Crippen LogP contribution in [-0.2, 0) is 21.2 Å². The van der Waals surface area contributed by atoms with Crippen LogP contribution in [0.25, 0.3) is 0 Å². The summed E-state index contributed by atoms with van der Waals surface area (Å²) in [5.74, 6) is 3.10. The van der Waals surface area contributed by atoms with Gasteiger partial charge in [0.15, 0.2) is 0 Å². The van der Waals surface area contributed by atoms with E-state index in [1.807, 2.05) is 0 Å². The van der Waals surface area contributed by atoms with Gasteiger partial charge in [-0.15, -0.1) is 11.3 Å². The van der Waals surface area contributed by atoms with Crippen molar-refractivity contribution in [1.82, 2.24) is 5.32 Å². The van der Waals surface area contributed by atoms with E-state index in [0.717, 1.165) is 39.9 Å². The second kappa shape index (κ2) is 4.54. The van der Waals surface area contributed by atoms with Gasteiger partial charge in [0.25, 0.3) is 0 Å². The lowest BCUT2D eigenvalue weighted by Gasteiger charge is -2.10. The van der Waals surface area contributed by atoms with Crippen molar-refractivity contribution in [2.45, 2.75) is 35.9 Å². The maximum Gasteiger partial charge on any atom is 0.247 e. The minimum atomic E-state index is -3.66. The van der Waals surface area contributed by atoms with Gasteiger partial charge in [-0.25, -0.2) is 13.6 Å². The number of primary sulfonamides is 1. The number of nitrogens with two attached hydrogens (primary N) is 1. The van der Waals surface area contributed by atoms with E-state index in [-0.39, 0.29) is 16.5 Å². The molecule has 4 unspecified atom stereocenters. The number of thiophene rings is 1. The number of carbonyl (C=O) groups excluding carboxylic acids is 1. The van der Waals surface area contributed by atoms with Crippen LogP contribution in [0.15, 0.2) is 16.3 Å². The van der Waals surface area contributed by atoms with Crippen LogP contribution in [0.2, 0.25) is 0 Å². The molecule has 3 fully saturated rings. The highest BCUT2D eigenvalue weighted by atomic mass is 32.2. The first kappa shape index (κ1) is 13.7. The molecular weight excluding hydrogens is 308 g/mol. The summed E-state index contributed by atoms with van der Waals surface area (Å²) >= 11 is 1.08. The highest BCUT2D eigenvalue weighted by molar-refractivity contribution is 7.91. The third-order valence-electron chi connectivity index (χ3n) is 5.32. The van der Waals surface area contributed by atoms with Gasteiger partial charge in [-0.05, 0) is 55.1 Å². The largest absolute Gasteiger partial charge is 0.352 e. The molecule has 4 rings (SSSR count). The van der Waals surface area contributed by atoms with Crippen LogP contribution in [0, 0.1) is 23.7 Å². The molecule has 3 aliphatic rings. The molecule has 1 aromatic rings. The van der Waals surface area contributed by atoms with E-state index < -0.39 is 10.0 Å². The normalized spacial score (nSPS) is 36.5. The molecule has 3 saturated carbocycles. The Morgan fingerprint density at radius 2 is 1.95 bits per heavy atom. The van der Waals surface area contributed by atoms with Crippen molar-refractivity contribution < 1.29 is 13.2 Å². The average Bonchev–Trinajstić information content (AvgIpc) is 2.83.